The molecule has 0 radical (unpaired) electrons. The third kappa shape index (κ3) is 7.61. The van der Waals surface area contributed by atoms with Crippen LogP contribution in [0.5, 0.6) is 0 Å². The molecular formula is C22H26N6O6S2. The third-order valence-corrected chi connectivity index (χ3v) is 6.19. The van der Waals surface area contributed by atoms with Crippen LogP contribution >= 0.6 is 12.0 Å². The van der Waals surface area contributed by atoms with Crippen molar-refractivity contribution in [2.75, 3.05) is 29.0 Å². The molecule has 0 saturated carbocycles. The SMILES string of the molecule is CCNc1nc(NCC)nc(Nc2ccc(/C=C/c3ccc(C)cc3S(=O)(=O)O)c(SOOO)c2)n1. The molecule has 2 aromatic carbocycles. The molecule has 0 atom stereocenters. The van der Waals surface area contributed by atoms with E-state index in [4.69, 9.17) is 5.26 Å². The van der Waals surface area contributed by atoms with Crippen molar-refractivity contribution in [3.63, 3.8) is 0 Å². The van der Waals surface area contributed by atoms with Crippen LogP contribution in [0, 0.1) is 6.92 Å². The first-order valence-corrected chi connectivity index (χ1v) is 13.0. The van der Waals surface area contributed by atoms with Crippen LogP contribution in [0.15, 0.2) is 46.2 Å². The van der Waals surface area contributed by atoms with Gasteiger partial charge in [-0.3, -0.25) is 4.55 Å². The fourth-order valence-corrected chi connectivity index (χ4v) is 4.37. The van der Waals surface area contributed by atoms with Crippen LogP contribution in [0.1, 0.15) is 30.5 Å². The number of benzene rings is 2. The first-order chi connectivity index (χ1) is 17.2. The van der Waals surface area contributed by atoms with Crippen molar-refractivity contribution >= 4 is 57.8 Å². The van der Waals surface area contributed by atoms with E-state index in [1.165, 1.54) is 6.07 Å². The molecule has 1 aromatic heterocycles. The van der Waals surface area contributed by atoms with Gasteiger partial charge in [-0.15, -0.1) is 4.33 Å². The molecule has 0 aliphatic heterocycles. The molecule has 1 heterocycles. The van der Waals surface area contributed by atoms with Gasteiger partial charge in [0.2, 0.25) is 17.8 Å². The number of aromatic nitrogens is 3. The Labute approximate surface area is 213 Å². The van der Waals surface area contributed by atoms with Crippen LogP contribution in [0.4, 0.5) is 23.5 Å². The van der Waals surface area contributed by atoms with Gasteiger partial charge in [-0.25, -0.2) is 5.26 Å². The summed E-state index contributed by atoms with van der Waals surface area (Å²) in [4.78, 5) is 13.3. The maximum Gasteiger partial charge on any atom is 0.295 e. The predicted octanol–water partition coefficient (Wildman–Crippen LogP) is 4.63. The van der Waals surface area contributed by atoms with Gasteiger partial charge in [-0.1, -0.05) is 35.4 Å². The summed E-state index contributed by atoms with van der Waals surface area (Å²) < 4.78 is 37.8. The summed E-state index contributed by atoms with van der Waals surface area (Å²) in [5.74, 6) is 1.11. The Morgan fingerprint density at radius 1 is 0.944 bits per heavy atom. The van der Waals surface area contributed by atoms with Crippen LogP contribution in [-0.2, 0) is 19.5 Å². The largest absolute Gasteiger partial charge is 0.354 e. The highest BCUT2D eigenvalue weighted by molar-refractivity contribution is 7.94. The molecule has 0 saturated heterocycles. The molecule has 12 nitrogen and oxygen atoms in total. The van der Waals surface area contributed by atoms with Crippen LogP contribution in [0.2, 0.25) is 0 Å². The summed E-state index contributed by atoms with van der Waals surface area (Å²) in [6.45, 7) is 6.85. The predicted molar refractivity (Wildman–Crippen MR) is 138 cm³/mol. The number of nitrogens with one attached hydrogen (secondary N) is 3. The summed E-state index contributed by atoms with van der Waals surface area (Å²) in [6.07, 6.45) is 3.19. The maximum absolute atomic E-state index is 11.8. The smallest absolute Gasteiger partial charge is 0.295 e. The van der Waals surface area contributed by atoms with Crippen molar-refractivity contribution in [3.05, 3.63) is 53.1 Å². The Bertz CT molecular complexity index is 1310. The van der Waals surface area contributed by atoms with Gasteiger partial charge in [0.1, 0.15) is 4.90 Å². The summed E-state index contributed by atoms with van der Waals surface area (Å²) in [6, 6.07) is 9.91. The summed E-state index contributed by atoms with van der Waals surface area (Å²) in [5.41, 5.74) is 2.20. The monoisotopic (exact) mass is 534 g/mol. The lowest BCUT2D eigenvalue weighted by Crippen LogP contribution is -2.10. The summed E-state index contributed by atoms with van der Waals surface area (Å²) in [5, 5.41) is 21.6. The zero-order valence-electron chi connectivity index (χ0n) is 19.7. The van der Waals surface area contributed by atoms with Crippen molar-refractivity contribution in [1.82, 2.24) is 15.0 Å². The van der Waals surface area contributed by atoms with Gasteiger partial charge >= 0.3 is 0 Å². The Morgan fingerprint density at radius 2 is 1.56 bits per heavy atom. The van der Waals surface area contributed by atoms with Gasteiger partial charge in [0, 0.05) is 23.7 Å². The van der Waals surface area contributed by atoms with Gasteiger partial charge in [-0.2, -0.15) is 23.4 Å². The topological polar surface area (TPSA) is 168 Å². The fraction of sp³-hybridized carbons (Fsp3) is 0.227. The molecule has 192 valence electrons. The first kappa shape index (κ1) is 27.3. The average Bonchev–Trinajstić information content (AvgIpc) is 2.82. The number of hydrogen-bond donors (Lipinski definition) is 5. The molecule has 0 bridgehead atoms. The van der Waals surface area contributed by atoms with Gasteiger partial charge < -0.3 is 16.0 Å². The van der Waals surface area contributed by atoms with Crippen LogP contribution in [-0.4, -0.2) is 46.3 Å². The van der Waals surface area contributed by atoms with Crippen molar-refractivity contribution in [1.29, 1.82) is 0 Å². The normalized spacial score (nSPS) is 11.6. The second-order valence-corrected chi connectivity index (χ2v) is 9.45. The Kier molecular flexibility index (Phi) is 9.58. The first-order valence-electron chi connectivity index (χ1n) is 10.8. The molecule has 0 spiro atoms. The molecular weight excluding hydrogens is 508 g/mol. The molecule has 0 aliphatic rings. The standard InChI is InChI=1S/C22H26N6O6S2/c1-4-23-20-26-21(24-5-2)28-22(27-20)25-17-11-10-15(18(13-17)35-34-33-29)8-9-16-7-6-14(3)12-19(16)36(30,31)32/h6-13,29H,4-5H2,1-3H3,(H,30,31,32)(H3,23,24,25,26,27,28)/b9-8+. The zero-order chi connectivity index (χ0) is 26.1. The Balaban J connectivity index is 1.94. The number of nitrogens with zero attached hydrogens (tertiary/aromatic N) is 3. The van der Waals surface area contributed by atoms with Crippen molar-refractivity contribution in [3.8, 4) is 0 Å². The lowest BCUT2D eigenvalue weighted by atomic mass is 10.1. The third-order valence-electron chi connectivity index (χ3n) is 4.62. The van der Waals surface area contributed by atoms with E-state index in [1.807, 2.05) is 13.8 Å². The summed E-state index contributed by atoms with van der Waals surface area (Å²) >= 11 is 0.733. The molecule has 36 heavy (non-hydrogen) atoms. The highest BCUT2D eigenvalue weighted by Gasteiger charge is 2.14. The van der Waals surface area contributed by atoms with E-state index in [9.17, 15) is 13.0 Å². The van der Waals surface area contributed by atoms with Crippen LogP contribution < -0.4 is 16.0 Å². The minimum Gasteiger partial charge on any atom is -0.354 e. The quantitative estimate of drug-likeness (QED) is 0.0717. The molecule has 5 N–H and O–H groups in total. The molecule has 14 heteroatoms. The number of aryl methyl sites for hydroxylation is 1. The zero-order valence-corrected chi connectivity index (χ0v) is 21.4. The lowest BCUT2D eigenvalue weighted by Gasteiger charge is -2.11. The Morgan fingerprint density at radius 3 is 2.17 bits per heavy atom. The second-order valence-electron chi connectivity index (χ2n) is 7.32. The van der Waals surface area contributed by atoms with E-state index in [-0.39, 0.29) is 4.90 Å². The van der Waals surface area contributed by atoms with Crippen molar-refractivity contribution in [2.45, 2.75) is 30.6 Å². The van der Waals surface area contributed by atoms with E-state index in [1.54, 1.807) is 49.4 Å². The minimum absolute atomic E-state index is 0.205. The Hall–Kier alpha value is -3.27. The maximum atomic E-state index is 11.8. The average molecular weight is 535 g/mol. The number of hydrogen-bond acceptors (Lipinski definition) is 12. The van der Waals surface area contributed by atoms with Gasteiger partial charge in [-0.05, 0) is 55.7 Å². The van der Waals surface area contributed by atoms with E-state index in [0.717, 1.165) is 12.0 Å². The van der Waals surface area contributed by atoms with Crippen molar-refractivity contribution < 1.29 is 27.6 Å². The van der Waals surface area contributed by atoms with Crippen LogP contribution in [0.25, 0.3) is 12.2 Å². The number of anilines is 4. The molecule has 0 unspecified atom stereocenters. The number of rotatable bonds is 12. The molecule has 3 rings (SSSR count). The molecule has 0 fully saturated rings. The van der Waals surface area contributed by atoms with Crippen LogP contribution in [0.3, 0.4) is 0 Å². The minimum atomic E-state index is -4.42. The van der Waals surface area contributed by atoms with Crippen molar-refractivity contribution in [2.24, 2.45) is 0 Å². The van der Waals surface area contributed by atoms with Gasteiger partial charge in [0.05, 0.1) is 12.0 Å². The molecule has 3 aromatic rings. The van der Waals surface area contributed by atoms with E-state index >= 15 is 0 Å². The molecule has 0 amide bonds. The highest BCUT2D eigenvalue weighted by Crippen LogP contribution is 2.30. The van der Waals surface area contributed by atoms with Gasteiger partial charge in [0.15, 0.2) is 0 Å². The molecule has 0 aliphatic carbocycles. The summed E-state index contributed by atoms with van der Waals surface area (Å²) in [7, 11) is -4.42. The second kappa shape index (κ2) is 12.6. The highest BCUT2D eigenvalue weighted by atomic mass is 32.2. The van der Waals surface area contributed by atoms with E-state index in [0.29, 0.717) is 58.2 Å². The van der Waals surface area contributed by atoms with Gasteiger partial charge in [0.25, 0.3) is 10.1 Å². The fourth-order valence-electron chi connectivity index (χ4n) is 3.09. The van der Waals surface area contributed by atoms with E-state index < -0.39 is 10.1 Å². The van der Waals surface area contributed by atoms with E-state index in [2.05, 4.69) is 40.3 Å². The lowest BCUT2D eigenvalue weighted by molar-refractivity contribution is -0.432.